The van der Waals surface area contributed by atoms with E-state index in [0.29, 0.717) is 33.6 Å². The van der Waals surface area contributed by atoms with Crippen LogP contribution < -0.4 is 0 Å². The second-order valence-electron chi connectivity index (χ2n) is 6.49. The Balaban J connectivity index is 1.79. The lowest BCUT2D eigenvalue weighted by atomic mass is 10.0. The summed E-state index contributed by atoms with van der Waals surface area (Å²) < 4.78 is 5.73. The molecule has 0 aliphatic heterocycles. The maximum Gasteiger partial charge on any atom is 0.277 e. The number of nitrogens with one attached hydrogen (secondary N) is 1. The third-order valence-corrected chi connectivity index (χ3v) is 5.40. The fourth-order valence-corrected chi connectivity index (χ4v) is 3.85. The Hall–Kier alpha value is -2.67. The van der Waals surface area contributed by atoms with E-state index in [0.717, 1.165) is 11.1 Å². The van der Waals surface area contributed by atoms with Crippen LogP contribution in [0, 0.1) is 20.8 Å². The zero-order valence-corrected chi connectivity index (χ0v) is 16.7. The summed E-state index contributed by atoms with van der Waals surface area (Å²) in [5.41, 5.74) is 4.34. The molecule has 1 aromatic carbocycles. The van der Waals surface area contributed by atoms with Gasteiger partial charge in [-0.05, 0) is 51.8 Å². The largest absolute Gasteiger partial charge is 0.411 e. The Kier molecular flexibility index (Phi) is 5.32. The van der Waals surface area contributed by atoms with E-state index in [4.69, 9.17) is 4.42 Å². The highest BCUT2D eigenvalue weighted by atomic mass is 32.2. The number of carbonyl (C=O) groups excluding carboxylic acids is 2. The predicted octanol–water partition coefficient (Wildman–Crippen LogP) is 4.56. The summed E-state index contributed by atoms with van der Waals surface area (Å²) >= 11 is 1.21. The van der Waals surface area contributed by atoms with Crippen LogP contribution in [0.15, 0.2) is 33.9 Å². The first kappa shape index (κ1) is 19.1. The van der Waals surface area contributed by atoms with Crippen molar-refractivity contribution < 1.29 is 14.0 Å². The molecule has 3 rings (SSSR count). The molecule has 140 valence electrons. The molecule has 27 heavy (non-hydrogen) atoms. The molecule has 0 amide bonds. The second kappa shape index (κ2) is 7.52. The van der Waals surface area contributed by atoms with Crippen LogP contribution >= 0.6 is 11.8 Å². The summed E-state index contributed by atoms with van der Waals surface area (Å²) in [6.45, 7) is 8.84. The number of benzene rings is 1. The van der Waals surface area contributed by atoms with Crippen molar-refractivity contribution in [2.24, 2.45) is 0 Å². The summed E-state index contributed by atoms with van der Waals surface area (Å²) in [5.74, 6) is 0.269. The molecule has 0 saturated heterocycles. The van der Waals surface area contributed by atoms with E-state index < -0.39 is 5.25 Å². The maximum absolute atomic E-state index is 12.8. The molecule has 0 aliphatic rings. The van der Waals surface area contributed by atoms with Gasteiger partial charge in [0.1, 0.15) is 0 Å². The van der Waals surface area contributed by atoms with Crippen molar-refractivity contribution in [3.05, 3.63) is 52.3 Å². The van der Waals surface area contributed by atoms with Crippen LogP contribution in [-0.4, -0.2) is 32.0 Å². The summed E-state index contributed by atoms with van der Waals surface area (Å²) in [5, 5.41) is 8.04. The molecule has 0 fully saturated rings. The van der Waals surface area contributed by atoms with Gasteiger partial charge in [0.25, 0.3) is 5.22 Å². The van der Waals surface area contributed by atoms with E-state index in [1.165, 1.54) is 18.7 Å². The minimum atomic E-state index is -0.438. The zero-order chi connectivity index (χ0) is 19.7. The van der Waals surface area contributed by atoms with E-state index in [1.54, 1.807) is 20.8 Å². The number of thioether (sulfide) groups is 1. The molecule has 6 nitrogen and oxygen atoms in total. The summed E-state index contributed by atoms with van der Waals surface area (Å²) in [6, 6.07) is 7.75. The predicted molar refractivity (Wildman–Crippen MR) is 104 cm³/mol. The number of nitrogens with zero attached hydrogens (tertiary/aromatic N) is 2. The summed E-state index contributed by atoms with van der Waals surface area (Å²) in [4.78, 5) is 27.7. The summed E-state index contributed by atoms with van der Waals surface area (Å²) in [6.07, 6.45) is 0. The van der Waals surface area contributed by atoms with Crippen molar-refractivity contribution in [3.8, 4) is 11.5 Å². The van der Waals surface area contributed by atoms with Crippen molar-refractivity contribution in [3.63, 3.8) is 0 Å². The third-order valence-electron chi connectivity index (χ3n) is 4.46. The number of ketones is 2. The van der Waals surface area contributed by atoms with Crippen LogP contribution in [-0.2, 0) is 0 Å². The molecule has 3 aromatic rings. The summed E-state index contributed by atoms with van der Waals surface area (Å²) in [7, 11) is 0. The Morgan fingerprint density at radius 3 is 2.48 bits per heavy atom. The number of aryl methyl sites for hydroxylation is 2. The molecule has 1 N–H and O–H groups in total. The van der Waals surface area contributed by atoms with Crippen LogP contribution in [0.3, 0.4) is 0 Å². The molecule has 1 atom stereocenters. The number of aromatic nitrogens is 3. The van der Waals surface area contributed by atoms with Crippen LogP contribution in [0.4, 0.5) is 0 Å². The average Bonchev–Trinajstić information content (AvgIpc) is 3.18. The third kappa shape index (κ3) is 3.73. The molecule has 0 radical (unpaired) electrons. The molecular formula is C20H21N3O3S. The number of rotatable bonds is 6. The van der Waals surface area contributed by atoms with Gasteiger partial charge in [-0.3, -0.25) is 9.59 Å². The van der Waals surface area contributed by atoms with Gasteiger partial charge in [0.2, 0.25) is 5.89 Å². The molecule has 0 spiro atoms. The fraction of sp³-hybridized carbons (Fsp3) is 0.300. The van der Waals surface area contributed by atoms with Gasteiger partial charge in [-0.15, -0.1) is 10.2 Å². The van der Waals surface area contributed by atoms with E-state index in [1.807, 2.05) is 31.2 Å². The molecule has 2 heterocycles. The van der Waals surface area contributed by atoms with E-state index >= 15 is 0 Å². The minimum Gasteiger partial charge on any atom is -0.411 e. The SMILES string of the molecule is CC(=O)c1c(C)[nH]c(C(=O)C(C)Sc2nnc(-c3ccccc3C)o2)c1C. The van der Waals surface area contributed by atoms with Crippen LogP contribution in [0.2, 0.25) is 0 Å². The van der Waals surface area contributed by atoms with E-state index in [-0.39, 0.29) is 11.6 Å². The zero-order valence-electron chi connectivity index (χ0n) is 15.9. The van der Waals surface area contributed by atoms with Gasteiger partial charge in [-0.25, -0.2) is 0 Å². The van der Waals surface area contributed by atoms with Gasteiger partial charge >= 0.3 is 0 Å². The number of hydrogen-bond donors (Lipinski definition) is 1. The topological polar surface area (TPSA) is 88.9 Å². The van der Waals surface area contributed by atoms with Crippen molar-refractivity contribution >= 4 is 23.3 Å². The lowest BCUT2D eigenvalue weighted by Crippen LogP contribution is -2.15. The Labute approximate surface area is 161 Å². The smallest absolute Gasteiger partial charge is 0.277 e. The fourth-order valence-electron chi connectivity index (χ4n) is 3.11. The molecule has 7 heteroatoms. The molecule has 1 unspecified atom stereocenters. The lowest BCUT2D eigenvalue weighted by Gasteiger charge is -2.07. The molecular weight excluding hydrogens is 362 g/mol. The van der Waals surface area contributed by atoms with Crippen molar-refractivity contribution in [2.45, 2.75) is 45.1 Å². The normalized spacial score (nSPS) is 12.2. The van der Waals surface area contributed by atoms with E-state index in [9.17, 15) is 9.59 Å². The van der Waals surface area contributed by atoms with Crippen molar-refractivity contribution in [2.75, 3.05) is 0 Å². The van der Waals surface area contributed by atoms with Gasteiger partial charge in [0, 0.05) is 16.8 Å². The number of carbonyl (C=O) groups is 2. The highest BCUT2D eigenvalue weighted by Crippen LogP contribution is 2.30. The standard InChI is InChI=1S/C20H21N3O3S/c1-10-8-6-7-9-15(10)19-22-23-20(26-19)27-14(5)18(25)17-11(2)16(13(4)24)12(3)21-17/h6-9,14,21H,1-5H3. The highest BCUT2D eigenvalue weighted by Gasteiger charge is 2.26. The second-order valence-corrected chi connectivity index (χ2v) is 7.79. The van der Waals surface area contributed by atoms with Crippen LogP contribution in [0.1, 0.15) is 51.5 Å². The Bertz CT molecular complexity index is 1020. The first-order chi connectivity index (χ1) is 12.8. The Morgan fingerprint density at radius 2 is 1.85 bits per heavy atom. The first-order valence-corrected chi connectivity index (χ1v) is 9.48. The number of H-pyrrole nitrogens is 1. The van der Waals surface area contributed by atoms with Gasteiger partial charge in [0.05, 0.1) is 10.9 Å². The number of aromatic amines is 1. The van der Waals surface area contributed by atoms with E-state index in [2.05, 4.69) is 15.2 Å². The lowest BCUT2D eigenvalue weighted by molar-refractivity contribution is 0.0988. The van der Waals surface area contributed by atoms with Crippen molar-refractivity contribution in [1.82, 2.24) is 15.2 Å². The molecule has 0 aliphatic carbocycles. The highest BCUT2D eigenvalue weighted by molar-refractivity contribution is 8.00. The van der Waals surface area contributed by atoms with Gasteiger partial charge in [0.15, 0.2) is 11.6 Å². The molecule has 0 saturated carbocycles. The van der Waals surface area contributed by atoms with Crippen molar-refractivity contribution in [1.29, 1.82) is 0 Å². The van der Waals surface area contributed by atoms with Gasteiger partial charge in [-0.1, -0.05) is 30.0 Å². The minimum absolute atomic E-state index is 0.0552. The van der Waals surface area contributed by atoms with Crippen LogP contribution in [0.5, 0.6) is 0 Å². The Morgan fingerprint density at radius 1 is 1.15 bits per heavy atom. The van der Waals surface area contributed by atoms with Gasteiger partial charge in [-0.2, -0.15) is 0 Å². The molecule has 0 bridgehead atoms. The monoisotopic (exact) mass is 383 g/mol. The quantitative estimate of drug-likeness (QED) is 0.496. The first-order valence-electron chi connectivity index (χ1n) is 8.60. The van der Waals surface area contributed by atoms with Gasteiger partial charge < -0.3 is 9.40 Å². The number of Topliss-reactive ketones (excluding diaryl/α,β-unsaturated/α-hetero) is 2. The number of hydrogen-bond acceptors (Lipinski definition) is 6. The van der Waals surface area contributed by atoms with Crippen LogP contribution in [0.25, 0.3) is 11.5 Å². The maximum atomic E-state index is 12.8. The average molecular weight is 383 g/mol. The molecule has 2 aromatic heterocycles.